The van der Waals surface area contributed by atoms with Gasteiger partial charge in [0.1, 0.15) is 40.6 Å². The lowest BCUT2D eigenvalue weighted by molar-refractivity contribution is -0.130. The lowest BCUT2D eigenvalue weighted by Crippen LogP contribution is -2.48. The summed E-state index contributed by atoms with van der Waals surface area (Å²) in [5.74, 6) is -1.78. The maximum Gasteiger partial charge on any atom is 0.319 e. The van der Waals surface area contributed by atoms with Gasteiger partial charge in [0.15, 0.2) is 17.5 Å². The molecule has 3 aromatic heterocycles. The van der Waals surface area contributed by atoms with Gasteiger partial charge in [0.05, 0.1) is 23.7 Å². The number of rotatable bonds is 19. The lowest BCUT2D eigenvalue weighted by Gasteiger charge is -2.35. The van der Waals surface area contributed by atoms with Crippen LogP contribution in [-0.4, -0.2) is 251 Å². The van der Waals surface area contributed by atoms with Crippen LogP contribution in [0.2, 0.25) is 15.1 Å². The van der Waals surface area contributed by atoms with Gasteiger partial charge in [-0.2, -0.15) is 19.9 Å². The standard InChI is InChI=1S/C30H32ClFN6O3.C29H32ClFN6O3.C29H31ClFN5O4/c1-4-24(40)37-11-13-38(14-12-37)29-22-17-23(31)26(21-16-19(39)15-18-7-5-6-8-20(18)21)27(32)28(22)34-30(35-29)33-10-9-25(41)36(2)3;1-17(38)36-10-12-37(13-11-36)28-22-16-23(30)25(21-15-19(39)14-18-6-4-5-7-20(18)21)26(31)27(22)33-29(34-28)32-9-8-24(40)35(2)3;1-17(37)35-9-11-36(12-10-35)28-22-16-23(30)25(21-15-19(38)14-18-6-4-5-7-20(18)21)26(31)27(22)32-29(33-28)40-13-8-24(39)34(2)3/h4-8,16-17,21,39H,1,9-15H2,2-3H3,(H,33,34,35);4-7,15-16,21,39H,8-14H2,1-3H3,(H,32,33,34);4-7,15-16,21,38H,8-14H2,1-3H3/t3*21-/m111/s1. The third-order valence-corrected chi connectivity index (χ3v) is 23.3. The first-order valence-corrected chi connectivity index (χ1v) is 41.0. The molecule has 0 saturated carbocycles. The number of benzene rings is 6. The van der Waals surface area contributed by atoms with E-state index in [1.54, 1.807) is 100 Å². The van der Waals surface area contributed by atoms with Gasteiger partial charge >= 0.3 is 6.01 Å². The second-order valence-electron chi connectivity index (χ2n) is 30.9. The first kappa shape index (κ1) is 86.8. The Kier molecular flexibility index (Phi) is 27.1. The van der Waals surface area contributed by atoms with Crippen LogP contribution >= 0.6 is 34.8 Å². The molecular weight excluding hydrogens is 1620 g/mol. The van der Waals surface area contributed by atoms with Gasteiger partial charge in [-0.3, -0.25) is 28.8 Å². The highest BCUT2D eigenvalue weighted by molar-refractivity contribution is 6.33. The van der Waals surface area contributed by atoms with Crippen molar-refractivity contribution in [2.45, 2.75) is 70.1 Å². The number of piperazine rings is 3. The highest BCUT2D eigenvalue weighted by atomic mass is 35.5. The van der Waals surface area contributed by atoms with E-state index in [0.29, 0.717) is 131 Å². The molecule has 0 unspecified atom stereocenters. The van der Waals surface area contributed by atoms with E-state index in [0.717, 1.165) is 33.4 Å². The quantitative estimate of drug-likeness (QED) is 0.0470. The van der Waals surface area contributed by atoms with E-state index < -0.39 is 35.2 Å². The van der Waals surface area contributed by atoms with Crippen LogP contribution in [0.1, 0.15) is 101 Å². The van der Waals surface area contributed by atoms with Gasteiger partial charge in [-0.25, -0.2) is 23.1 Å². The van der Waals surface area contributed by atoms with Crippen LogP contribution in [0.25, 0.3) is 32.7 Å². The third kappa shape index (κ3) is 19.3. The molecule has 3 aliphatic carbocycles. The van der Waals surface area contributed by atoms with E-state index in [1.807, 2.05) is 87.5 Å². The van der Waals surface area contributed by atoms with E-state index in [-0.39, 0.29) is 158 Å². The Morgan fingerprint density at radius 1 is 0.463 bits per heavy atom. The number of carbonyl (C=O) groups is 6. The fourth-order valence-corrected chi connectivity index (χ4v) is 16.8. The van der Waals surface area contributed by atoms with Gasteiger partial charge in [-0.15, -0.1) is 0 Å². The number of nitrogens with one attached hydrogen (secondary N) is 2. The molecular formula is C88H95Cl3F3N17O10. The highest BCUT2D eigenvalue weighted by Crippen LogP contribution is 2.47. The van der Waals surface area contributed by atoms with E-state index in [4.69, 9.17) is 49.5 Å². The largest absolute Gasteiger partial charge is 0.512 e. The minimum absolute atomic E-state index is 0.00270. The highest BCUT2D eigenvalue weighted by Gasteiger charge is 2.36. The van der Waals surface area contributed by atoms with Crippen molar-refractivity contribution in [1.82, 2.24) is 59.3 Å². The maximum atomic E-state index is 16.6. The van der Waals surface area contributed by atoms with Crippen molar-refractivity contribution in [1.29, 1.82) is 0 Å². The fourth-order valence-electron chi connectivity index (χ4n) is 15.9. The van der Waals surface area contributed by atoms with Gasteiger partial charge in [0.2, 0.25) is 47.3 Å². The summed E-state index contributed by atoms with van der Waals surface area (Å²) in [6.07, 6.45) is 7.81. The van der Waals surface area contributed by atoms with Crippen molar-refractivity contribution in [3.8, 4) is 6.01 Å². The zero-order valence-electron chi connectivity index (χ0n) is 68.4. The van der Waals surface area contributed by atoms with Crippen molar-refractivity contribution in [2.24, 2.45) is 0 Å². The molecule has 6 aliphatic rings. The molecule has 15 rings (SSSR count). The molecule has 3 aliphatic heterocycles. The Morgan fingerprint density at radius 2 is 0.777 bits per heavy atom. The smallest absolute Gasteiger partial charge is 0.319 e. The van der Waals surface area contributed by atoms with Gasteiger partial charge in [0.25, 0.3) is 0 Å². The molecule has 9 aromatic rings. The molecule has 27 nitrogen and oxygen atoms in total. The van der Waals surface area contributed by atoms with Crippen molar-refractivity contribution in [3.63, 3.8) is 0 Å². The van der Waals surface area contributed by atoms with Crippen molar-refractivity contribution < 1.29 is 62.0 Å². The molecule has 3 saturated heterocycles. The van der Waals surface area contributed by atoms with Crippen LogP contribution in [0, 0.1) is 17.5 Å². The first-order chi connectivity index (χ1) is 57.9. The maximum absolute atomic E-state index is 16.6. The number of allylic oxidation sites excluding steroid dienone is 6. The Balaban J connectivity index is 0.000000157. The Labute approximate surface area is 713 Å². The second kappa shape index (κ2) is 37.7. The van der Waals surface area contributed by atoms with Crippen molar-refractivity contribution >= 4 is 132 Å². The lowest BCUT2D eigenvalue weighted by atomic mass is 9.82. The normalized spacial score (nSPS) is 16.8. The van der Waals surface area contributed by atoms with Crippen LogP contribution in [0.3, 0.4) is 0 Å². The number of ether oxygens (including phenoxy) is 1. The minimum atomic E-state index is -0.631. The number of amides is 6. The molecule has 5 N–H and O–H groups in total. The average molecular weight is 1710 g/mol. The summed E-state index contributed by atoms with van der Waals surface area (Å²) in [4.78, 5) is 115. The SMILES string of the molecule is C=CC(=O)N1CCN(c2nc(NCCC(=O)N(C)C)nc3c(F)c([C@@H]4C=C(O)Cc5ccccc54)c(Cl)cc23)CC1.CC(=O)N1CCN(c2nc(NCCC(=O)N(C)C)nc3c(F)c([C@@H]4C=C(O)Cc5ccccc54)c(Cl)cc23)CC1.CC(=O)N1CCN(c2nc(OCCC(=O)N(C)C)nc3c(F)c([C@@H]4C=C(O)Cc5ccccc54)c(Cl)cc23)CC1. The van der Waals surface area contributed by atoms with Crippen molar-refractivity contribution in [3.05, 3.63) is 222 Å². The van der Waals surface area contributed by atoms with E-state index in [2.05, 4.69) is 37.1 Å². The van der Waals surface area contributed by atoms with Gasteiger partial charge < -0.3 is 74.8 Å². The molecule has 3 fully saturated rings. The fraction of sp³-hybridized carbons (Fsp3) is 0.364. The van der Waals surface area contributed by atoms with Gasteiger partial charge in [-0.05, 0) is 75.9 Å². The molecule has 6 amide bonds. The zero-order valence-corrected chi connectivity index (χ0v) is 70.7. The number of aliphatic hydroxyl groups is 3. The van der Waals surface area contributed by atoms with Gasteiger partial charge in [-0.1, -0.05) is 114 Å². The molecule has 121 heavy (non-hydrogen) atoms. The minimum Gasteiger partial charge on any atom is -0.512 e. The summed E-state index contributed by atoms with van der Waals surface area (Å²) in [5.41, 5.74) is 6.14. The number of carbonyl (C=O) groups excluding carboxylic acids is 6. The number of aromatic nitrogens is 6. The van der Waals surface area contributed by atoms with Crippen molar-refractivity contribution in [2.75, 3.05) is 166 Å². The summed E-state index contributed by atoms with van der Waals surface area (Å²) in [7, 11) is 10.0. The summed E-state index contributed by atoms with van der Waals surface area (Å²) in [6.45, 7) is 13.0. The van der Waals surface area contributed by atoms with E-state index >= 15 is 13.2 Å². The van der Waals surface area contributed by atoms with Crippen LogP contribution in [0.15, 0.2) is 139 Å². The summed E-state index contributed by atoms with van der Waals surface area (Å²) >= 11 is 20.3. The molecule has 33 heteroatoms. The number of fused-ring (bicyclic) bond motifs is 6. The average Bonchev–Trinajstić information content (AvgIpc) is 0.755. The number of nitrogens with zero attached hydrogens (tertiary/aromatic N) is 15. The van der Waals surface area contributed by atoms with E-state index in [9.17, 15) is 44.1 Å². The van der Waals surface area contributed by atoms with Crippen LogP contribution in [0.4, 0.5) is 42.5 Å². The summed E-state index contributed by atoms with van der Waals surface area (Å²) < 4.78 is 55.4. The summed E-state index contributed by atoms with van der Waals surface area (Å²) in [5, 5.41) is 39.5. The van der Waals surface area contributed by atoms with Crippen LogP contribution in [-0.2, 0) is 48.0 Å². The van der Waals surface area contributed by atoms with E-state index in [1.165, 1.54) is 27.7 Å². The number of anilines is 5. The number of halogens is 6. The van der Waals surface area contributed by atoms with Crippen LogP contribution in [0.5, 0.6) is 6.01 Å². The Bertz CT molecular complexity index is 5410. The number of hydrogen-bond donors (Lipinski definition) is 5. The molecule has 6 heterocycles. The second-order valence-corrected chi connectivity index (χ2v) is 32.1. The number of aliphatic hydroxyl groups excluding tert-OH is 3. The first-order valence-electron chi connectivity index (χ1n) is 39.8. The molecule has 0 radical (unpaired) electrons. The van der Waals surface area contributed by atoms with Gasteiger partial charge in [0, 0.05) is 246 Å². The Hall–Kier alpha value is -12.0. The zero-order chi connectivity index (χ0) is 86.4. The van der Waals surface area contributed by atoms with Crippen LogP contribution < -0.4 is 30.1 Å². The number of hydrogen-bond acceptors (Lipinski definition) is 21. The Morgan fingerprint density at radius 3 is 1.11 bits per heavy atom. The predicted molar refractivity (Wildman–Crippen MR) is 462 cm³/mol. The molecule has 0 bridgehead atoms. The molecule has 3 atom stereocenters. The molecule has 634 valence electrons. The molecule has 6 aromatic carbocycles. The predicted octanol–water partition coefficient (Wildman–Crippen LogP) is 12.5. The third-order valence-electron chi connectivity index (χ3n) is 22.4. The monoisotopic (exact) mass is 1710 g/mol. The summed E-state index contributed by atoms with van der Waals surface area (Å²) in [6, 6.07) is 27.7. The molecule has 0 spiro atoms. The topological polar surface area (TPSA) is 303 Å².